The molecule has 2 aromatic rings. The van der Waals surface area contributed by atoms with Crippen LogP contribution in [-0.2, 0) is 16.1 Å². The van der Waals surface area contributed by atoms with Crippen LogP contribution in [0.25, 0.3) is 0 Å². The fraction of sp³-hybridized carbons (Fsp3) is 0.350. The van der Waals surface area contributed by atoms with E-state index >= 15 is 0 Å². The maximum atomic E-state index is 12.3. The van der Waals surface area contributed by atoms with Crippen molar-refractivity contribution in [3.05, 3.63) is 71.8 Å². The molecule has 0 saturated carbocycles. The molecule has 2 aromatic carbocycles. The normalized spacial score (nSPS) is 19.4. The Hall–Kier alpha value is -2.21. The highest BCUT2D eigenvalue weighted by Gasteiger charge is 2.31. The molecule has 0 aliphatic carbocycles. The molecule has 0 spiro atoms. The molecule has 1 fully saturated rings. The number of nitrogens with one attached hydrogen (secondary N) is 1. The van der Waals surface area contributed by atoms with E-state index in [0.717, 1.165) is 11.1 Å². The highest BCUT2D eigenvalue weighted by Crippen LogP contribution is 2.23. The number of aliphatic hydroxyl groups excluding tert-OH is 1. The van der Waals surface area contributed by atoms with Crippen LogP contribution in [0.2, 0.25) is 0 Å². The second kappa shape index (κ2) is 8.76. The molecule has 1 saturated heterocycles. The molecule has 1 aliphatic heterocycles. The van der Waals surface area contributed by atoms with Crippen molar-refractivity contribution in [2.45, 2.75) is 18.8 Å². The van der Waals surface area contributed by atoms with Gasteiger partial charge in [0.25, 0.3) is 0 Å². The number of ether oxygens (including phenoxy) is 1. The molecule has 0 bridgehead atoms. The van der Waals surface area contributed by atoms with E-state index < -0.39 is 6.10 Å². The van der Waals surface area contributed by atoms with Crippen LogP contribution >= 0.6 is 0 Å². The van der Waals surface area contributed by atoms with E-state index in [4.69, 9.17) is 4.74 Å². The second-order valence-corrected chi connectivity index (χ2v) is 6.25. The van der Waals surface area contributed by atoms with E-state index in [1.807, 2.05) is 65.6 Å². The van der Waals surface area contributed by atoms with Gasteiger partial charge in [-0.1, -0.05) is 60.7 Å². The molecule has 1 heterocycles. The van der Waals surface area contributed by atoms with Gasteiger partial charge in [0, 0.05) is 19.6 Å². The first kappa shape index (κ1) is 17.6. The van der Waals surface area contributed by atoms with E-state index in [1.165, 1.54) is 0 Å². The fourth-order valence-electron chi connectivity index (χ4n) is 3.12. The molecule has 1 amide bonds. The molecule has 0 aromatic heterocycles. The Morgan fingerprint density at radius 3 is 2.52 bits per heavy atom. The molecular formula is C20H24N2O3. The Kier molecular flexibility index (Phi) is 6.17. The maximum absolute atomic E-state index is 12.3. The third-order valence-corrected chi connectivity index (χ3v) is 4.29. The first-order valence-corrected chi connectivity index (χ1v) is 8.60. The third kappa shape index (κ3) is 4.89. The molecule has 132 valence electrons. The second-order valence-electron chi connectivity index (χ2n) is 6.25. The van der Waals surface area contributed by atoms with Crippen LogP contribution in [0.15, 0.2) is 60.7 Å². The average molecular weight is 340 g/mol. The summed E-state index contributed by atoms with van der Waals surface area (Å²) >= 11 is 0. The van der Waals surface area contributed by atoms with Crippen molar-refractivity contribution < 1.29 is 14.6 Å². The Balaban J connectivity index is 1.55. The van der Waals surface area contributed by atoms with Crippen molar-refractivity contribution in [3.63, 3.8) is 0 Å². The maximum Gasteiger partial charge on any atom is 0.242 e. The average Bonchev–Trinajstić information content (AvgIpc) is 2.63. The van der Waals surface area contributed by atoms with Gasteiger partial charge in [-0.15, -0.1) is 0 Å². The van der Waals surface area contributed by atoms with E-state index in [1.54, 1.807) is 0 Å². The van der Waals surface area contributed by atoms with Gasteiger partial charge in [0.1, 0.15) is 6.04 Å². The monoisotopic (exact) mass is 340 g/mol. The summed E-state index contributed by atoms with van der Waals surface area (Å²) in [7, 11) is 0. The topological polar surface area (TPSA) is 61.8 Å². The summed E-state index contributed by atoms with van der Waals surface area (Å²) in [4.78, 5) is 14.3. The molecule has 25 heavy (non-hydrogen) atoms. The molecule has 0 radical (unpaired) electrons. The molecular weight excluding hydrogens is 316 g/mol. The van der Waals surface area contributed by atoms with E-state index in [-0.39, 0.29) is 18.6 Å². The number of benzene rings is 2. The Labute approximate surface area is 148 Å². The number of aliphatic hydroxyl groups is 1. The number of nitrogens with zero attached hydrogens (tertiary/aromatic N) is 1. The minimum atomic E-state index is -0.638. The van der Waals surface area contributed by atoms with Gasteiger partial charge in [-0.2, -0.15) is 0 Å². The summed E-state index contributed by atoms with van der Waals surface area (Å²) in [5.41, 5.74) is 2.02. The van der Waals surface area contributed by atoms with E-state index in [2.05, 4.69) is 5.32 Å². The van der Waals surface area contributed by atoms with Gasteiger partial charge in [-0.25, -0.2) is 0 Å². The number of piperazine rings is 1. The largest absolute Gasteiger partial charge is 0.389 e. The fourth-order valence-corrected chi connectivity index (χ4v) is 3.12. The smallest absolute Gasteiger partial charge is 0.242 e. The lowest BCUT2D eigenvalue weighted by atomic mass is 10.0. The Morgan fingerprint density at radius 2 is 1.80 bits per heavy atom. The molecule has 2 unspecified atom stereocenters. The minimum Gasteiger partial charge on any atom is -0.389 e. The molecule has 2 atom stereocenters. The van der Waals surface area contributed by atoms with Crippen LogP contribution in [-0.4, -0.2) is 48.3 Å². The number of rotatable bonds is 7. The van der Waals surface area contributed by atoms with Crippen molar-refractivity contribution in [1.82, 2.24) is 10.2 Å². The zero-order valence-electron chi connectivity index (χ0n) is 14.2. The van der Waals surface area contributed by atoms with Crippen LogP contribution in [0.4, 0.5) is 0 Å². The standard InChI is InChI=1S/C20H24N2O3/c23-18(15-25-14-16-7-3-1-4-8-16)13-22-12-11-21-20(24)19(22)17-9-5-2-6-10-17/h1-10,18-19,23H,11-15H2,(H,21,24). The third-order valence-electron chi connectivity index (χ3n) is 4.29. The number of carbonyl (C=O) groups is 1. The van der Waals surface area contributed by atoms with Crippen LogP contribution in [0.1, 0.15) is 17.2 Å². The molecule has 5 nitrogen and oxygen atoms in total. The predicted octanol–water partition coefficient (Wildman–Crippen LogP) is 1.74. The number of β-amino-alcohol motifs (C(OH)–C–C–N with tert-alkyl or cyclic N) is 1. The zero-order valence-corrected chi connectivity index (χ0v) is 14.2. The highest BCUT2D eigenvalue weighted by atomic mass is 16.5. The molecule has 2 N–H and O–H groups in total. The summed E-state index contributed by atoms with van der Waals surface area (Å²) < 4.78 is 5.61. The van der Waals surface area contributed by atoms with E-state index in [0.29, 0.717) is 26.2 Å². The first-order chi connectivity index (χ1) is 12.2. The molecule has 3 rings (SSSR count). The number of carbonyl (C=O) groups excluding carboxylic acids is 1. The molecule has 5 heteroatoms. The van der Waals surface area contributed by atoms with Crippen LogP contribution in [0.3, 0.4) is 0 Å². The zero-order chi connectivity index (χ0) is 17.5. The van der Waals surface area contributed by atoms with Crippen molar-refractivity contribution in [2.24, 2.45) is 0 Å². The summed E-state index contributed by atoms with van der Waals surface area (Å²) in [5.74, 6) is -0.0187. The quantitative estimate of drug-likeness (QED) is 0.806. The predicted molar refractivity (Wildman–Crippen MR) is 95.9 cm³/mol. The van der Waals surface area contributed by atoms with Crippen molar-refractivity contribution >= 4 is 5.91 Å². The lowest BCUT2D eigenvalue weighted by Crippen LogP contribution is -2.52. The van der Waals surface area contributed by atoms with Gasteiger partial charge in [-0.3, -0.25) is 9.69 Å². The van der Waals surface area contributed by atoms with Crippen LogP contribution in [0, 0.1) is 0 Å². The van der Waals surface area contributed by atoms with Crippen LogP contribution in [0.5, 0.6) is 0 Å². The van der Waals surface area contributed by atoms with E-state index in [9.17, 15) is 9.90 Å². The van der Waals surface area contributed by atoms with Gasteiger partial charge in [0.2, 0.25) is 5.91 Å². The highest BCUT2D eigenvalue weighted by molar-refractivity contribution is 5.83. The Morgan fingerprint density at radius 1 is 1.12 bits per heavy atom. The Bertz CT molecular complexity index is 663. The number of amides is 1. The van der Waals surface area contributed by atoms with Gasteiger partial charge in [-0.05, 0) is 11.1 Å². The number of hydrogen-bond acceptors (Lipinski definition) is 4. The minimum absolute atomic E-state index is 0.0187. The summed E-state index contributed by atoms with van der Waals surface area (Å²) in [6.07, 6.45) is -0.638. The summed E-state index contributed by atoms with van der Waals surface area (Å²) in [6, 6.07) is 19.2. The van der Waals surface area contributed by atoms with Crippen molar-refractivity contribution in [3.8, 4) is 0 Å². The molecule has 1 aliphatic rings. The van der Waals surface area contributed by atoms with Gasteiger partial charge < -0.3 is 15.2 Å². The van der Waals surface area contributed by atoms with Crippen LogP contribution < -0.4 is 5.32 Å². The first-order valence-electron chi connectivity index (χ1n) is 8.60. The lowest BCUT2D eigenvalue weighted by Gasteiger charge is -2.36. The van der Waals surface area contributed by atoms with Gasteiger partial charge >= 0.3 is 0 Å². The lowest BCUT2D eigenvalue weighted by molar-refractivity contribution is -0.130. The summed E-state index contributed by atoms with van der Waals surface area (Å²) in [6.45, 7) is 2.43. The summed E-state index contributed by atoms with van der Waals surface area (Å²) in [5, 5.41) is 13.2. The van der Waals surface area contributed by atoms with Crippen molar-refractivity contribution in [2.75, 3.05) is 26.2 Å². The SMILES string of the molecule is O=C1NCCN(CC(O)COCc2ccccc2)C1c1ccccc1. The van der Waals surface area contributed by atoms with Crippen molar-refractivity contribution in [1.29, 1.82) is 0 Å². The van der Waals surface area contributed by atoms with Gasteiger partial charge in [0.05, 0.1) is 19.3 Å². The number of hydrogen-bond donors (Lipinski definition) is 2. The van der Waals surface area contributed by atoms with Gasteiger partial charge in [0.15, 0.2) is 0 Å².